The van der Waals surface area contributed by atoms with Gasteiger partial charge in [0.05, 0.1) is 12.3 Å². The lowest BCUT2D eigenvalue weighted by Crippen LogP contribution is -2.39. The third-order valence-electron chi connectivity index (χ3n) is 4.56. The van der Waals surface area contributed by atoms with E-state index in [0.717, 1.165) is 29.7 Å². The molecule has 0 radical (unpaired) electrons. The lowest BCUT2D eigenvalue weighted by Gasteiger charge is -2.16. The standard InChI is InChI=1S/C19H26N6O3S/c1-12-5-4-6-13(2)18(12)28-10-15-22-23-19(25(15)20)29-11-17(27)24(3)9-16(26)21-14-7-8-14/h4-6,14H,7-11,20H2,1-3H3,(H,21,26). The number of carbonyl (C=O) groups excluding carboxylic acids is 2. The Morgan fingerprint density at radius 2 is 2.00 bits per heavy atom. The Bertz CT molecular complexity index is 876. The van der Waals surface area contributed by atoms with Crippen LogP contribution in [0.5, 0.6) is 5.75 Å². The summed E-state index contributed by atoms with van der Waals surface area (Å²) in [6, 6.07) is 6.20. The number of hydrogen-bond acceptors (Lipinski definition) is 7. The van der Waals surface area contributed by atoms with Gasteiger partial charge in [0.1, 0.15) is 12.4 Å². The van der Waals surface area contributed by atoms with E-state index >= 15 is 0 Å². The van der Waals surface area contributed by atoms with Crippen molar-refractivity contribution in [2.45, 2.75) is 44.5 Å². The molecule has 156 valence electrons. The molecule has 0 bridgehead atoms. The summed E-state index contributed by atoms with van der Waals surface area (Å²) in [5.41, 5.74) is 2.06. The molecule has 1 aliphatic carbocycles. The van der Waals surface area contributed by atoms with Crippen LogP contribution in [-0.2, 0) is 16.2 Å². The Hall–Kier alpha value is -2.75. The van der Waals surface area contributed by atoms with Gasteiger partial charge in [0.15, 0.2) is 5.82 Å². The molecule has 0 aliphatic heterocycles. The van der Waals surface area contributed by atoms with Gasteiger partial charge in [0, 0.05) is 13.1 Å². The number of para-hydroxylation sites is 1. The van der Waals surface area contributed by atoms with Crippen LogP contribution >= 0.6 is 11.8 Å². The molecule has 0 spiro atoms. The number of rotatable bonds is 9. The van der Waals surface area contributed by atoms with E-state index in [0.29, 0.717) is 11.0 Å². The van der Waals surface area contributed by atoms with Crippen LogP contribution in [0.4, 0.5) is 0 Å². The van der Waals surface area contributed by atoms with E-state index in [4.69, 9.17) is 10.6 Å². The summed E-state index contributed by atoms with van der Waals surface area (Å²) in [4.78, 5) is 25.5. The van der Waals surface area contributed by atoms with E-state index in [9.17, 15) is 9.59 Å². The fourth-order valence-electron chi connectivity index (χ4n) is 2.71. The number of aryl methyl sites for hydroxylation is 2. The lowest BCUT2D eigenvalue weighted by molar-refractivity contribution is -0.132. The second-order valence-electron chi connectivity index (χ2n) is 7.16. The third kappa shape index (κ3) is 5.63. The van der Waals surface area contributed by atoms with Gasteiger partial charge in [-0.15, -0.1) is 10.2 Å². The van der Waals surface area contributed by atoms with Crippen molar-refractivity contribution in [3.8, 4) is 5.75 Å². The van der Waals surface area contributed by atoms with Crippen molar-refractivity contribution in [1.29, 1.82) is 0 Å². The van der Waals surface area contributed by atoms with Gasteiger partial charge in [0.25, 0.3) is 0 Å². The second kappa shape index (κ2) is 9.17. The van der Waals surface area contributed by atoms with Crippen LogP contribution in [0.1, 0.15) is 29.8 Å². The van der Waals surface area contributed by atoms with E-state index in [1.54, 1.807) is 7.05 Å². The van der Waals surface area contributed by atoms with E-state index in [2.05, 4.69) is 15.5 Å². The van der Waals surface area contributed by atoms with Gasteiger partial charge < -0.3 is 20.8 Å². The highest BCUT2D eigenvalue weighted by Crippen LogP contribution is 2.23. The quantitative estimate of drug-likeness (QED) is 0.461. The first kappa shape index (κ1) is 21.0. The van der Waals surface area contributed by atoms with Gasteiger partial charge in [-0.1, -0.05) is 30.0 Å². The van der Waals surface area contributed by atoms with Crippen LogP contribution in [0, 0.1) is 13.8 Å². The second-order valence-corrected chi connectivity index (χ2v) is 8.10. The fourth-order valence-corrected chi connectivity index (χ4v) is 3.52. The summed E-state index contributed by atoms with van der Waals surface area (Å²) in [5.74, 6) is 7.10. The SMILES string of the molecule is Cc1cccc(C)c1OCc1nnc(SCC(=O)N(C)CC(=O)NC2CC2)n1N. The molecular weight excluding hydrogens is 392 g/mol. The fraction of sp³-hybridized carbons (Fsp3) is 0.474. The maximum atomic E-state index is 12.3. The molecule has 3 rings (SSSR count). The maximum absolute atomic E-state index is 12.3. The molecular formula is C19H26N6O3S. The van der Waals surface area contributed by atoms with Crippen molar-refractivity contribution in [2.24, 2.45) is 0 Å². The number of nitrogen functional groups attached to an aromatic ring is 1. The molecule has 10 heteroatoms. The first-order valence-corrected chi connectivity index (χ1v) is 10.4. The number of likely N-dealkylation sites (N-methyl/N-ethyl adjacent to an activating group) is 1. The van der Waals surface area contributed by atoms with Crippen molar-refractivity contribution >= 4 is 23.6 Å². The molecule has 3 N–H and O–H groups in total. The monoisotopic (exact) mass is 418 g/mol. The molecule has 0 atom stereocenters. The first-order valence-electron chi connectivity index (χ1n) is 9.39. The van der Waals surface area contributed by atoms with Gasteiger partial charge >= 0.3 is 0 Å². The molecule has 1 aromatic heterocycles. The van der Waals surface area contributed by atoms with Crippen LogP contribution < -0.4 is 15.9 Å². The smallest absolute Gasteiger partial charge is 0.239 e. The molecule has 9 nitrogen and oxygen atoms in total. The Morgan fingerprint density at radius 3 is 2.66 bits per heavy atom. The number of carbonyl (C=O) groups is 2. The average Bonchev–Trinajstić information content (AvgIpc) is 3.41. The molecule has 1 fully saturated rings. The average molecular weight is 419 g/mol. The first-order chi connectivity index (χ1) is 13.8. The molecule has 0 saturated heterocycles. The van der Waals surface area contributed by atoms with Gasteiger partial charge in [-0.3, -0.25) is 9.59 Å². The molecule has 1 saturated carbocycles. The summed E-state index contributed by atoms with van der Waals surface area (Å²) >= 11 is 1.17. The van der Waals surface area contributed by atoms with Crippen LogP contribution in [0.25, 0.3) is 0 Å². The number of nitrogens with one attached hydrogen (secondary N) is 1. The maximum Gasteiger partial charge on any atom is 0.239 e. The molecule has 1 aromatic carbocycles. The van der Waals surface area contributed by atoms with Crippen molar-refractivity contribution in [2.75, 3.05) is 25.2 Å². The van der Waals surface area contributed by atoms with E-state index < -0.39 is 0 Å². The Balaban J connectivity index is 1.50. The van der Waals surface area contributed by atoms with E-state index in [1.807, 2.05) is 32.0 Å². The Kier molecular flexibility index (Phi) is 6.63. The molecule has 2 aromatic rings. The molecule has 0 unspecified atom stereocenters. The predicted molar refractivity (Wildman–Crippen MR) is 110 cm³/mol. The van der Waals surface area contributed by atoms with Crippen molar-refractivity contribution < 1.29 is 14.3 Å². The number of nitrogens with two attached hydrogens (primary N) is 1. The van der Waals surface area contributed by atoms with Gasteiger partial charge in [-0.05, 0) is 37.8 Å². The number of ether oxygens (including phenoxy) is 1. The van der Waals surface area contributed by atoms with Crippen LogP contribution in [0.2, 0.25) is 0 Å². The summed E-state index contributed by atoms with van der Waals surface area (Å²) in [6.45, 7) is 4.17. The van der Waals surface area contributed by atoms with E-state index in [-0.39, 0.29) is 36.8 Å². The summed E-state index contributed by atoms with van der Waals surface area (Å²) in [7, 11) is 1.60. The Morgan fingerprint density at radius 1 is 1.31 bits per heavy atom. The minimum Gasteiger partial charge on any atom is -0.485 e. The molecule has 29 heavy (non-hydrogen) atoms. The third-order valence-corrected chi connectivity index (χ3v) is 5.49. The van der Waals surface area contributed by atoms with Gasteiger partial charge in [0.2, 0.25) is 17.0 Å². The zero-order chi connectivity index (χ0) is 21.0. The minimum absolute atomic E-state index is 0.0417. The number of benzene rings is 1. The van der Waals surface area contributed by atoms with Crippen molar-refractivity contribution in [3.63, 3.8) is 0 Å². The molecule has 1 aliphatic rings. The van der Waals surface area contributed by atoms with Crippen LogP contribution in [0.3, 0.4) is 0 Å². The summed E-state index contributed by atoms with van der Waals surface area (Å²) < 4.78 is 7.18. The highest BCUT2D eigenvalue weighted by molar-refractivity contribution is 7.99. The van der Waals surface area contributed by atoms with Crippen LogP contribution in [-0.4, -0.2) is 57.0 Å². The Labute approximate surface area is 174 Å². The number of thioether (sulfide) groups is 1. The van der Waals surface area contributed by atoms with Gasteiger partial charge in [-0.25, -0.2) is 4.68 Å². The number of aromatic nitrogens is 3. The zero-order valence-corrected chi connectivity index (χ0v) is 17.7. The largest absolute Gasteiger partial charge is 0.485 e. The minimum atomic E-state index is -0.183. The summed E-state index contributed by atoms with van der Waals surface area (Å²) in [5, 5.41) is 11.4. The number of hydrogen-bond donors (Lipinski definition) is 2. The predicted octanol–water partition coefficient (Wildman–Crippen LogP) is 1.02. The van der Waals surface area contributed by atoms with Gasteiger partial charge in [-0.2, -0.15) is 0 Å². The molecule has 1 heterocycles. The lowest BCUT2D eigenvalue weighted by atomic mass is 10.1. The zero-order valence-electron chi connectivity index (χ0n) is 16.8. The number of nitrogens with zero attached hydrogens (tertiary/aromatic N) is 4. The normalized spacial score (nSPS) is 13.2. The molecule has 2 amide bonds. The van der Waals surface area contributed by atoms with Crippen molar-refractivity contribution in [3.05, 3.63) is 35.2 Å². The summed E-state index contributed by atoms with van der Waals surface area (Å²) in [6.07, 6.45) is 2.03. The topological polar surface area (TPSA) is 115 Å². The van der Waals surface area contributed by atoms with E-state index in [1.165, 1.54) is 21.3 Å². The van der Waals surface area contributed by atoms with Crippen LogP contribution in [0.15, 0.2) is 23.4 Å². The highest BCUT2D eigenvalue weighted by atomic mass is 32.2. The number of amides is 2. The highest BCUT2D eigenvalue weighted by Gasteiger charge is 2.24. The van der Waals surface area contributed by atoms with Crippen molar-refractivity contribution in [1.82, 2.24) is 25.1 Å².